The first-order chi connectivity index (χ1) is 13.5. The van der Waals surface area contributed by atoms with Gasteiger partial charge in [-0.1, -0.05) is 63.3 Å². The maximum absolute atomic E-state index is 11.2. The zero-order valence-electron chi connectivity index (χ0n) is 17.5. The lowest BCUT2D eigenvalue weighted by Crippen LogP contribution is -2.45. The van der Waals surface area contributed by atoms with Gasteiger partial charge in [0.2, 0.25) is 0 Å². The molecule has 3 N–H and O–H groups in total. The molecule has 1 amide bonds. The van der Waals surface area contributed by atoms with E-state index in [2.05, 4.69) is 31.2 Å². The van der Waals surface area contributed by atoms with Crippen molar-refractivity contribution in [1.82, 2.24) is 0 Å². The Morgan fingerprint density at radius 1 is 1.04 bits per heavy atom. The Morgan fingerprint density at radius 3 is 2.21 bits per heavy atom. The van der Waals surface area contributed by atoms with Crippen molar-refractivity contribution < 1.29 is 24.1 Å². The molecule has 6 nitrogen and oxygen atoms in total. The number of hydrogen-bond donors (Lipinski definition) is 2. The number of nitrogens with two attached hydrogens (primary N) is 1. The molecule has 0 saturated carbocycles. The molecule has 0 spiro atoms. The van der Waals surface area contributed by atoms with E-state index in [1.54, 1.807) is 0 Å². The summed E-state index contributed by atoms with van der Waals surface area (Å²) in [5, 5.41) is 9.77. The molecule has 0 aromatic heterocycles. The van der Waals surface area contributed by atoms with E-state index in [0.717, 1.165) is 12.0 Å². The van der Waals surface area contributed by atoms with Crippen molar-refractivity contribution in [3.63, 3.8) is 0 Å². The standard InChI is InChI=1S/C22H37NO5/c1-3-4-5-6-7-8-9-19-10-12-20(13-11-19)14-15-22(16-24,28-21(23)25)17-27-18-26-2/h10-13,24H,3-9,14-18H2,1-2H3,(H2,23,25). The van der Waals surface area contributed by atoms with Gasteiger partial charge in [0.1, 0.15) is 6.79 Å². The van der Waals surface area contributed by atoms with Gasteiger partial charge in [0, 0.05) is 7.11 Å². The average Bonchev–Trinajstić information content (AvgIpc) is 2.69. The highest BCUT2D eigenvalue weighted by Gasteiger charge is 2.33. The van der Waals surface area contributed by atoms with Gasteiger partial charge in [0.15, 0.2) is 5.60 Å². The van der Waals surface area contributed by atoms with E-state index in [4.69, 9.17) is 19.9 Å². The number of carbonyl (C=O) groups is 1. The molecule has 0 bridgehead atoms. The molecule has 1 aromatic rings. The van der Waals surface area contributed by atoms with Crippen LogP contribution in [0.1, 0.15) is 63.0 Å². The zero-order chi connectivity index (χ0) is 20.7. The molecule has 0 aliphatic heterocycles. The fourth-order valence-electron chi connectivity index (χ4n) is 3.19. The second kappa shape index (κ2) is 14.4. The van der Waals surface area contributed by atoms with Crippen molar-refractivity contribution in [2.75, 3.05) is 27.1 Å². The van der Waals surface area contributed by atoms with Crippen LogP contribution in [0.25, 0.3) is 0 Å². The number of aryl methyl sites for hydroxylation is 2. The smallest absolute Gasteiger partial charge is 0.405 e. The molecule has 28 heavy (non-hydrogen) atoms. The van der Waals surface area contributed by atoms with Gasteiger partial charge in [-0.2, -0.15) is 0 Å². The molecule has 1 aromatic carbocycles. The summed E-state index contributed by atoms with van der Waals surface area (Å²) in [6.45, 7) is 1.95. The van der Waals surface area contributed by atoms with E-state index in [0.29, 0.717) is 12.8 Å². The van der Waals surface area contributed by atoms with Crippen molar-refractivity contribution in [2.45, 2.75) is 70.3 Å². The maximum atomic E-state index is 11.2. The summed E-state index contributed by atoms with van der Waals surface area (Å²) in [6, 6.07) is 8.49. The van der Waals surface area contributed by atoms with Crippen molar-refractivity contribution in [2.24, 2.45) is 5.73 Å². The number of carbonyl (C=O) groups excluding carboxylic acids is 1. The van der Waals surface area contributed by atoms with Crippen LogP contribution in [-0.4, -0.2) is 43.9 Å². The Bertz CT molecular complexity index is 534. The molecule has 0 aliphatic rings. The monoisotopic (exact) mass is 395 g/mol. The molecule has 0 aliphatic carbocycles. The van der Waals surface area contributed by atoms with Gasteiger partial charge in [-0.25, -0.2) is 4.79 Å². The molecule has 1 rings (SSSR count). The number of methoxy groups -OCH3 is 1. The zero-order valence-corrected chi connectivity index (χ0v) is 17.5. The predicted octanol–water partition coefficient (Wildman–Crippen LogP) is 3.97. The Kier molecular flexibility index (Phi) is 12.5. The summed E-state index contributed by atoms with van der Waals surface area (Å²) in [4.78, 5) is 11.2. The van der Waals surface area contributed by atoms with Crippen LogP contribution >= 0.6 is 0 Å². The van der Waals surface area contributed by atoms with Crippen LogP contribution in [0.2, 0.25) is 0 Å². The van der Waals surface area contributed by atoms with E-state index >= 15 is 0 Å². The van der Waals surface area contributed by atoms with E-state index in [-0.39, 0.29) is 20.0 Å². The number of aliphatic hydroxyl groups is 1. The molecular formula is C22H37NO5. The van der Waals surface area contributed by atoms with E-state index in [9.17, 15) is 9.90 Å². The van der Waals surface area contributed by atoms with Gasteiger partial charge in [-0.15, -0.1) is 0 Å². The molecule has 1 unspecified atom stereocenters. The minimum absolute atomic E-state index is 0.0242. The van der Waals surface area contributed by atoms with Crippen LogP contribution in [0.5, 0.6) is 0 Å². The first-order valence-electron chi connectivity index (χ1n) is 10.3. The first-order valence-corrected chi connectivity index (χ1v) is 10.3. The lowest BCUT2D eigenvalue weighted by Gasteiger charge is -2.30. The first kappa shape index (κ1) is 24.4. The fourth-order valence-corrected chi connectivity index (χ4v) is 3.19. The summed E-state index contributed by atoms with van der Waals surface area (Å²) in [6.07, 6.45) is 9.00. The van der Waals surface area contributed by atoms with E-state index in [1.165, 1.54) is 51.2 Å². The Morgan fingerprint density at radius 2 is 1.64 bits per heavy atom. The summed E-state index contributed by atoms with van der Waals surface area (Å²) in [5.41, 5.74) is 6.46. The van der Waals surface area contributed by atoms with Crippen molar-refractivity contribution in [3.05, 3.63) is 35.4 Å². The average molecular weight is 396 g/mol. The van der Waals surface area contributed by atoms with Gasteiger partial charge in [0.25, 0.3) is 0 Å². The van der Waals surface area contributed by atoms with Crippen molar-refractivity contribution in [1.29, 1.82) is 0 Å². The van der Waals surface area contributed by atoms with Crippen LogP contribution in [0.4, 0.5) is 4.79 Å². The van der Waals surface area contributed by atoms with Crippen LogP contribution in [0, 0.1) is 0 Å². The van der Waals surface area contributed by atoms with Gasteiger partial charge < -0.3 is 25.1 Å². The summed E-state index contributed by atoms with van der Waals surface area (Å²) >= 11 is 0. The Balaban J connectivity index is 2.50. The molecule has 0 saturated heterocycles. The Labute approximate surface area is 169 Å². The number of benzene rings is 1. The number of hydrogen-bond acceptors (Lipinski definition) is 5. The van der Waals surface area contributed by atoms with Gasteiger partial charge in [-0.05, 0) is 36.8 Å². The number of primary amides is 1. The van der Waals surface area contributed by atoms with Crippen LogP contribution in [-0.2, 0) is 27.1 Å². The second-order valence-corrected chi connectivity index (χ2v) is 7.35. The lowest BCUT2D eigenvalue weighted by atomic mass is 9.95. The minimum Gasteiger partial charge on any atom is -0.438 e. The predicted molar refractivity (Wildman–Crippen MR) is 110 cm³/mol. The molecular weight excluding hydrogens is 358 g/mol. The van der Waals surface area contributed by atoms with Gasteiger partial charge in [-0.3, -0.25) is 0 Å². The molecule has 0 heterocycles. The number of rotatable bonds is 16. The molecule has 6 heteroatoms. The molecule has 160 valence electrons. The van der Waals surface area contributed by atoms with Crippen LogP contribution in [0.3, 0.4) is 0 Å². The fraction of sp³-hybridized carbons (Fsp3) is 0.682. The molecule has 1 atom stereocenters. The summed E-state index contributed by atoms with van der Waals surface area (Å²) < 4.78 is 15.3. The highest BCUT2D eigenvalue weighted by Crippen LogP contribution is 2.21. The third-order valence-electron chi connectivity index (χ3n) is 4.88. The topological polar surface area (TPSA) is 91.0 Å². The van der Waals surface area contributed by atoms with E-state index < -0.39 is 11.7 Å². The van der Waals surface area contributed by atoms with Crippen LogP contribution in [0.15, 0.2) is 24.3 Å². The normalized spacial score (nSPS) is 13.2. The number of ether oxygens (including phenoxy) is 3. The number of amides is 1. The number of aliphatic hydroxyl groups excluding tert-OH is 1. The van der Waals surface area contributed by atoms with Gasteiger partial charge in [0.05, 0.1) is 13.2 Å². The highest BCUT2D eigenvalue weighted by molar-refractivity contribution is 5.65. The van der Waals surface area contributed by atoms with Crippen molar-refractivity contribution >= 4 is 6.09 Å². The maximum Gasteiger partial charge on any atom is 0.405 e. The largest absolute Gasteiger partial charge is 0.438 e. The SMILES string of the molecule is CCCCCCCCc1ccc(CCC(CO)(COCOC)OC(N)=O)cc1. The second-order valence-electron chi connectivity index (χ2n) is 7.35. The molecule has 0 fully saturated rings. The summed E-state index contributed by atoms with van der Waals surface area (Å²) in [7, 11) is 1.50. The quantitative estimate of drug-likeness (QED) is 0.326. The highest BCUT2D eigenvalue weighted by atomic mass is 16.7. The third kappa shape index (κ3) is 10.1. The molecule has 0 radical (unpaired) electrons. The van der Waals surface area contributed by atoms with Crippen LogP contribution < -0.4 is 5.73 Å². The summed E-state index contributed by atoms with van der Waals surface area (Å²) in [5.74, 6) is 0. The van der Waals surface area contributed by atoms with Crippen molar-refractivity contribution in [3.8, 4) is 0 Å². The van der Waals surface area contributed by atoms with E-state index in [1.807, 2.05) is 0 Å². The Hall–Kier alpha value is -1.63. The number of unbranched alkanes of at least 4 members (excludes halogenated alkanes) is 5. The minimum atomic E-state index is -1.17. The van der Waals surface area contributed by atoms with Gasteiger partial charge >= 0.3 is 6.09 Å². The third-order valence-corrected chi connectivity index (χ3v) is 4.88. The lowest BCUT2D eigenvalue weighted by molar-refractivity contribution is -0.122.